The minimum Gasteiger partial charge on any atom is -0.359 e. The number of carbonyl (C=O) groups is 2. The van der Waals surface area contributed by atoms with Gasteiger partial charge in [0.05, 0.1) is 16.8 Å². The van der Waals surface area contributed by atoms with Gasteiger partial charge in [0.25, 0.3) is 0 Å². The van der Waals surface area contributed by atoms with Crippen LogP contribution < -0.4 is 10.6 Å². The average Bonchev–Trinajstić information content (AvgIpc) is 3.04. The van der Waals surface area contributed by atoms with E-state index in [2.05, 4.69) is 20.6 Å². The monoisotopic (exact) mass is 376 g/mol. The van der Waals surface area contributed by atoms with Crippen molar-refractivity contribution >= 4 is 28.4 Å². The van der Waals surface area contributed by atoms with Crippen LogP contribution in [0.2, 0.25) is 0 Å². The van der Waals surface area contributed by atoms with Gasteiger partial charge in [-0.1, -0.05) is 12.1 Å². The molecular weight excluding hydrogens is 361 g/mol. The van der Waals surface area contributed by atoms with E-state index in [-0.39, 0.29) is 6.54 Å². The van der Waals surface area contributed by atoms with Gasteiger partial charge in [-0.05, 0) is 30.2 Å². The van der Waals surface area contributed by atoms with Crippen LogP contribution in [0, 0.1) is 0 Å². The summed E-state index contributed by atoms with van der Waals surface area (Å²) < 4.78 is 37.5. The minimum absolute atomic E-state index is 0.118. The van der Waals surface area contributed by atoms with Crippen molar-refractivity contribution in [1.29, 1.82) is 0 Å². The molecule has 0 saturated carbocycles. The summed E-state index contributed by atoms with van der Waals surface area (Å²) >= 11 is 0. The number of nitrogens with one attached hydrogen (secondary N) is 3. The van der Waals surface area contributed by atoms with Crippen LogP contribution >= 0.6 is 0 Å². The zero-order valence-electron chi connectivity index (χ0n) is 13.9. The van der Waals surface area contributed by atoms with Crippen LogP contribution in [0.4, 0.5) is 18.9 Å². The van der Waals surface area contributed by atoms with Crippen molar-refractivity contribution in [2.75, 3.05) is 11.9 Å². The number of rotatable bonds is 4. The molecule has 6 nitrogen and oxygen atoms in total. The summed E-state index contributed by atoms with van der Waals surface area (Å²) in [7, 11) is 0. The van der Waals surface area contributed by atoms with E-state index in [9.17, 15) is 22.8 Å². The molecule has 3 N–H and O–H groups in total. The maximum Gasteiger partial charge on any atom is 0.416 e. The van der Waals surface area contributed by atoms with Crippen LogP contribution in [0.15, 0.2) is 48.9 Å². The van der Waals surface area contributed by atoms with Gasteiger partial charge in [-0.15, -0.1) is 0 Å². The van der Waals surface area contributed by atoms with E-state index < -0.39 is 23.6 Å². The van der Waals surface area contributed by atoms with Crippen LogP contribution in [0.3, 0.4) is 0 Å². The SMILES string of the molecule is O=C(NCCc1ccc(C(F)(F)F)cc1)C(=O)Nc1c[nH]c2ccncc12. The summed E-state index contributed by atoms with van der Waals surface area (Å²) in [6.45, 7) is 0.118. The second-order valence-corrected chi connectivity index (χ2v) is 5.78. The average molecular weight is 376 g/mol. The first kappa shape index (κ1) is 18.4. The van der Waals surface area contributed by atoms with Crippen LogP contribution in [0.25, 0.3) is 10.9 Å². The number of anilines is 1. The molecule has 27 heavy (non-hydrogen) atoms. The third-order valence-electron chi connectivity index (χ3n) is 3.92. The number of aromatic amines is 1. The second kappa shape index (κ2) is 7.48. The molecule has 0 radical (unpaired) electrons. The van der Waals surface area contributed by atoms with Crippen molar-refractivity contribution in [3.8, 4) is 0 Å². The lowest BCUT2D eigenvalue weighted by Gasteiger charge is -2.08. The molecular formula is C18H15F3N4O2. The summed E-state index contributed by atoms with van der Waals surface area (Å²) in [6, 6.07) is 6.38. The number of aromatic nitrogens is 2. The number of hydrogen-bond donors (Lipinski definition) is 3. The van der Waals surface area contributed by atoms with E-state index in [1.807, 2.05) is 0 Å². The van der Waals surface area contributed by atoms with Gasteiger partial charge in [-0.3, -0.25) is 14.6 Å². The van der Waals surface area contributed by atoms with Crippen LogP contribution in [0.5, 0.6) is 0 Å². The summed E-state index contributed by atoms with van der Waals surface area (Å²) in [4.78, 5) is 30.8. The lowest BCUT2D eigenvalue weighted by atomic mass is 10.1. The van der Waals surface area contributed by atoms with Crippen molar-refractivity contribution in [2.24, 2.45) is 0 Å². The molecule has 0 bridgehead atoms. The Labute approximate surface area is 151 Å². The Morgan fingerprint density at radius 1 is 1.07 bits per heavy atom. The van der Waals surface area contributed by atoms with Crippen molar-refractivity contribution in [3.05, 3.63) is 60.0 Å². The number of pyridine rings is 1. The highest BCUT2D eigenvalue weighted by Gasteiger charge is 2.29. The first-order valence-electron chi connectivity index (χ1n) is 8.01. The van der Waals surface area contributed by atoms with Crippen molar-refractivity contribution in [1.82, 2.24) is 15.3 Å². The molecule has 2 amide bonds. The number of amides is 2. The number of carbonyl (C=O) groups excluding carboxylic acids is 2. The van der Waals surface area contributed by atoms with Gasteiger partial charge in [-0.2, -0.15) is 13.2 Å². The highest BCUT2D eigenvalue weighted by atomic mass is 19.4. The molecule has 9 heteroatoms. The molecule has 1 aromatic carbocycles. The van der Waals surface area contributed by atoms with Gasteiger partial charge < -0.3 is 15.6 Å². The predicted octanol–water partition coefficient (Wildman–Crippen LogP) is 2.88. The number of hydrogen-bond acceptors (Lipinski definition) is 3. The first-order chi connectivity index (χ1) is 12.8. The largest absolute Gasteiger partial charge is 0.416 e. The number of halogens is 3. The van der Waals surface area contributed by atoms with Crippen molar-refractivity contribution in [2.45, 2.75) is 12.6 Å². The highest BCUT2D eigenvalue weighted by Crippen LogP contribution is 2.29. The van der Waals surface area contributed by atoms with Crippen LogP contribution in [-0.4, -0.2) is 28.3 Å². The number of benzene rings is 1. The van der Waals surface area contributed by atoms with Gasteiger partial charge in [0.2, 0.25) is 0 Å². The molecule has 3 aromatic rings. The number of alkyl halides is 3. The summed E-state index contributed by atoms with van der Waals surface area (Å²) in [5, 5.41) is 5.60. The van der Waals surface area contributed by atoms with E-state index in [0.717, 1.165) is 17.6 Å². The van der Waals surface area contributed by atoms with E-state index in [1.165, 1.54) is 12.1 Å². The Morgan fingerprint density at radius 3 is 2.52 bits per heavy atom. The Morgan fingerprint density at radius 2 is 1.81 bits per heavy atom. The number of nitrogens with zero attached hydrogens (tertiary/aromatic N) is 1. The number of H-pyrrole nitrogens is 1. The number of fused-ring (bicyclic) bond motifs is 1. The molecule has 0 aliphatic rings. The predicted molar refractivity (Wildman–Crippen MR) is 92.9 cm³/mol. The molecule has 0 aliphatic heterocycles. The van der Waals surface area contributed by atoms with E-state index in [4.69, 9.17) is 0 Å². The fourth-order valence-corrected chi connectivity index (χ4v) is 2.51. The molecule has 3 rings (SSSR count). The normalized spacial score (nSPS) is 11.4. The molecule has 2 aromatic heterocycles. The third-order valence-corrected chi connectivity index (χ3v) is 3.92. The maximum absolute atomic E-state index is 12.5. The molecule has 2 heterocycles. The third kappa shape index (κ3) is 4.43. The molecule has 0 unspecified atom stereocenters. The standard InChI is InChI=1S/C18H15F3N4O2/c19-18(20,21)12-3-1-11(2-4-12)5-8-23-16(26)17(27)25-15-10-24-14-6-7-22-9-13(14)15/h1-4,6-7,9-10,24H,5,8H2,(H,23,26)(H,25,27). The Balaban J connectivity index is 1.51. The Hall–Kier alpha value is -3.36. The maximum atomic E-state index is 12.5. The fourth-order valence-electron chi connectivity index (χ4n) is 2.51. The molecule has 0 atom stereocenters. The molecule has 140 valence electrons. The van der Waals surface area contributed by atoms with E-state index in [1.54, 1.807) is 24.7 Å². The Kier molecular flexibility index (Phi) is 5.11. The lowest BCUT2D eigenvalue weighted by molar-refractivity contribution is -0.137. The fraction of sp³-hybridized carbons (Fsp3) is 0.167. The molecule has 0 spiro atoms. The summed E-state index contributed by atoms with van der Waals surface area (Å²) in [6.07, 6.45) is 0.624. The van der Waals surface area contributed by atoms with Crippen LogP contribution in [0.1, 0.15) is 11.1 Å². The minimum atomic E-state index is -4.39. The highest BCUT2D eigenvalue weighted by molar-refractivity contribution is 6.40. The quantitative estimate of drug-likeness (QED) is 0.612. The van der Waals surface area contributed by atoms with Gasteiger partial charge in [0.1, 0.15) is 0 Å². The Bertz CT molecular complexity index is 965. The smallest absolute Gasteiger partial charge is 0.359 e. The topological polar surface area (TPSA) is 86.9 Å². The lowest BCUT2D eigenvalue weighted by Crippen LogP contribution is -2.36. The summed E-state index contributed by atoms with van der Waals surface area (Å²) in [5.74, 6) is -1.67. The van der Waals surface area contributed by atoms with Gasteiger partial charge >= 0.3 is 18.0 Å². The van der Waals surface area contributed by atoms with E-state index >= 15 is 0 Å². The van der Waals surface area contributed by atoms with Crippen molar-refractivity contribution in [3.63, 3.8) is 0 Å². The first-order valence-corrected chi connectivity index (χ1v) is 8.01. The molecule has 0 aliphatic carbocycles. The second-order valence-electron chi connectivity index (χ2n) is 5.78. The molecule has 0 fully saturated rings. The van der Waals surface area contributed by atoms with Gasteiger partial charge in [-0.25, -0.2) is 0 Å². The zero-order chi connectivity index (χ0) is 19.4. The molecule has 0 saturated heterocycles. The zero-order valence-corrected chi connectivity index (χ0v) is 13.9. The van der Waals surface area contributed by atoms with Crippen molar-refractivity contribution < 1.29 is 22.8 Å². The van der Waals surface area contributed by atoms with Gasteiger partial charge in [0, 0.05) is 30.5 Å². The van der Waals surface area contributed by atoms with Crippen LogP contribution in [-0.2, 0) is 22.2 Å². The van der Waals surface area contributed by atoms with E-state index in [0.29, 0.717) is 23.1 Å². The van der Waals surface area contributed by atoms with Gasteiger partial charge in [0.15, 0.2) is 0 Å². The summed E-state index contributed by atoms with van der Waals surface area (Å²) in [5.41, 5.74) is 1.08.